The van der Waals surface area contributed by atoms with E-state index in [1.165, 1.54) is 37.5 Å². The molecule has 8 nitrogen and oxygen atoms in total. The Bertz CT molecular complexity index is 1240. The minimum Gasteiger partial charge on any atom is -0.468 e. The Hall–Kier alpha value is -3.24. The number of sulfone groups is 1. The van der Waals surface area contributed by atoms with Crippen LogP contribution in [0, 0.1) is 22.9 Å². The maximum Gasteiger partial charge on any atom is 0.270 e. The third-order valence-electron chi connectivity index (χ3n) is 4.55. The lowest BCUT2D eigenvalue weighted by atomic mass is 10.2. The maximum absolute atomic E-state index is 13.6. The van der Waals surface area contributed by atoms with E-state index in [0.717, 1.165) is 24.3 Å². The van der Waals surface area contributed by atoms with E-state index in [2.05, 4.69) is 5.32 Å². The summed E-state index contributed by atoms with van der Waals surface area (Å²) in [5.41, 5.74) is -0.373. The molecule has 1 atom stereocenters. The van der Waals surface area contributed by atoms with Gasteiger partial charge in [0.05, 0.1) is 26.7 Å². The van der Waals surface area contributed by atoms with Crippen LogP contribution in [0.2, 0.25) is 5.02 Å². The van der Waals surface area contributed by atoms with Crippen molar-refractivity contribution in [2.45, 2.75) is 17.1 Å². The molecule has 0 radical (unpaired) electrons. The number of hydrogen-bond acceptors (Lipinski definition) is 6. The SMILES string of the molecule is Cc1cc(S(=O)(=O)[C@@H](CNC(=O)c2cc([N+](=O)[O-])ccc2Cl)c2ccco2)ccc1F. The molecule has 1 N–H and O–H groups in total. The molecule has 0 spiro atoms. The zero-order valence-corrected chi connectivity index (χ0v) is 17.6. The third kappa shape index (κ3) is 4.75. The van der Waals surface area contributed by atoms with E-state index < -0.39 is 38.3 Å². The van der Waals surface area contributed by atoms with Gasteiger partial charge in [-0.1, -0.05) is 11.6 Å². The molecule has 1 heterocycles. The first-order chi connectivity index (χ1) is 14.6. The van der Waals surface area contributed by atoms with Crippen molar-refractivity contribution in [3.63, 3.8) is 0 Å². The average molecular weight is 467 g/mol. The number of carbonyl (C=O) groups excluding carboxylic acids is 1. The summed E-state index contributed by atoms with van der Waals surface area (Å²) in [5, 5.41) is 12.0. The van der Waals surface area contributed by atoms with Gasteiger partial charge in [0.2, 0.25) is 0 Å². The van der Waals surface area contributed by atoms with E-state index >= 15 is 0 Å². The number of furan rings is 1. The lowest BCUT2D eigenvalue weighted by molar-refractivity contribution is -0.384. The van der Waals surface area contributed by atoms with Crippen molar-refractivity contribution in [2.24, 2.45) is 0 Å². The Morgan fingerprint density at radius 2 is 2.00 bits per heavy atom. The number of nitro benzene ring substituents is 1. The Kier molecular flexibility index (Phi) is 6.42. The summed E-state index contributed by atoms with van der Waals surface area (Å²) in [6.45, 7) is 1.02. The monoisotopic (exact) mass is 466 g/mol. The molecule has 0 unspecified atom stereocenters. The highest BCUT2D eigenvalue weighted by Gasteiger charge is 2.32. The summed E-state index contributed by atoms with van der Waals surface area (Å²) in [4.78, 5) is 22.7. The first-order valence-corrected chi connectivity index (χ1v) is 10.8. The fourth-order valence-corrected chi connectivity index (χ4v) is 4.75. The number of hydrogen-bond donors (Lipinski definition) is 1. The lowest BCUT2D eigenvalue weighted by Crippen LogP contribution is -2.32. The number of aryl methyl sites for hydroxylation is 1. The van der Waals surface area contributed by atoms with Crippen LogP contribution in [-0.2, 0) is 9.84 Å². The quantitative estimate of drug-likeness (QED) is 0.316. The van der Waals surface area contributed by atoms with Crippen LogP contribution in [0.1, 0.15) is 26.9 Å². The molecule has 0 aliphatic rings. The summed E-state index contributed by atoms with van der Waals surface area (Å²) in [5.74, 6) is -1.29. The number of nitrogens with one attached hydrogen (secondary N) is 1. The molecule has 0 bridgehead atoms. The molecule has 1 amide bonds. The number of nitro groups is 1. The van der Waals surface area contributed by atoms with Gasteiger partial charge in [0.1, 0.15) is 16.8 Å². The Balaban J connectivity index is 1.91. The minimum absolute atomic E-state index is 0.0327. The van der Waals surface area contributed by atoms with Crippen LogP contribution in [0.3, 0.4) is 0 Å². The smallest absolute Gasteiger partial charge is 0.270 e. The van der Waals surface area contributed by atoms with Gasteiger partial charge in [0.15, 0.2) is 9.84 Å². The van der Waals surface area contributed by atoms with Gasteiger partial charge in [-0.3, -0.25) is 14.9 Å². The molecule has 11 heteroatoms. The topological polar surface area (TPSA) is 120 Å². The Morgan fingerprint density at radius 3 is 2.61 bits per heavy atom. The summed E-state index contributed by atoms with van der Waals surface area (Å²) in [6.07, 6.45) is 1.28. The van der Waals surface area contributed by atoms with Gasteiger partial charge in [-0.2, -0.15) is 0 Å². The van der Waals surface area contributed by atoms with Crippen molar-refractivity contribution < 1.29 is 26.9 Å². The van der Waals surface area contributed by atoms with E-state index in [0.29, 0.717) is 0 Å². The molecule has 3 rings (SSSR count). The van der Waals surface area contributed by atoms with Crippen molar-refractivity contribution in [1.29, 1.82) is 0 Å². The summed E-state index contributed by atoms with van der Waals surface area (Å²) in [7, 11) is -4.09. The maximum atomic E-state index is 13.6. The zero-order chi connectivity index (χ0) is 22.8. The molecule has 162 valence electrons. The first kappa shape index (κ1) is 22.4. The highest BCUT2D eigenvalue weighted by molar-refractivity contribution is 7.91. The van der Waals surface area contributed by atoms with E-state index in [9.17, 15) is 27.7 Å². The second-order valence-electron chi connectivity index (χ2n) is 6.59. The van der Waals surface area contributed by atoms with Crippen molar-refractivity contribution in [3.05, 3.63) is 92.6 Å². The second kappa shape index (κ2) is 8.86. The van der Waals surface area contributed by atoms with Crippen molar-refractivity contribution in [1.82, 2.24) is 5.32 Å². The molecular weight excluding hydrogens is 451 g/mol. The molecule has 0 saturated carbocycles. The number of rotatable bonds is 7. The van der Waals surface area contributed by atoms with E-state index in [4.69, 9.17) is 16.0 Å². The van der Waals surface area contributed by atoms with E-state index in [1.807, 2.05) is 0 Å². The van der Waals surface area contributed by atoms with Gasteiger partial charge in [-0.15, -0.1) is 0 Å². The van der Waals surface area contributed by atoms with Gasteiger partial charge in [-0.05, 0) is 48.9 Å². The third-order valence-corrected chi connectivity index (χ3v) is 6.94. The molecule has 31 heavy (non-hydrogen) atoms. The molecule has 0 aliphatic heterocycles. The molecule has 0 aliphatic carbocycles. The fourth-order valence-electron chi connectivity index (χ4n) is 2.88. The van der Waals surface area contributed by atoms with Crippen LogP contribution in [0.5, 0.6) is 0 Å². The van der Waals surface area contributed by atoms with Gasteiger partial charge in [0.25, 0.3) is 11.6 Å². The van der Waals surface area contributed by atoms with Crippen molar-refractivity contribution in [2.75, 3.05) is 6.54 Å². The molecular formula is C20H16ClFN2O6S. The molecule has 3 aromatic rings. The molecule has 0 fully saturated rings. The standard InChI is InChI=1S/C20H16ClFN2O6S/c1-12-9-14(5-7-17(12)22)31(28,29)19(18-3-2-8-30-18)11-23-20(25)15-10-13(24(26)27)4-6-16(15)21/h2-10,19H,11H2,1H3,(H,23,25)/t19-/m0/s1. The number of benzene rings is 2. The van der Waals surface area contributed by atoms with Crippen LogP contribution in [0.25, 0.3) is 0 Å². The zero-order valence-electron chi connectivity index (χ0n) is 16.0. The minimum atomic E-state index is -4.09. The number of non-ortho nitro benzene ring substituents is 1. The fraction of sp³-hybridized carbons (Fsp3) is 0.150. The van der Waals surface area contributed by atoms with E-state index in [-0.39, 0.29) is 32.5 Å². The highest BCUT2D eigenvalue weighted by Crippen LogP contribution is 2.30. The van der Waals surface area contributed by atoms with E-state index in [1.54, 1.807) is 0 Å². The number of nitrogens with zero attached hydrogens (tertiary/aromatic N) is 1. The molecule has 0 saturated heterocycles. The number of halogens is 2. The first-order valence-electron chi connectivity index (χ1n) is 8.87. The number of carbonyl (C=O) groups is 1. The summed E-state index contributed by atoms with van der Waals surface area (Å²) >= 11 is 5.97. The van der Waals surface area contributed by atoms with Crippen LogP contribution >= 0.6 is 11.6 Å². The van der Waals surface area contributed by atoms with Crippen LogP contribution in [0.4, 0.5) is 10.1 Å². The van der Waals surface area contributed by atoms with Crippen LogP contribution in [-0.4, -0.2) is 25.8 Å². The normalized spacial score (nSPS) is 12.4. The predicted octanol–water partition coefficient (Wildman–Crippen LogP) is 4.23. The predicted molar refractivity (Wildman–Crippen MR) is 110 cm³/mol. The van der Waals surface area contributed by atoms with Crippen molar-refractivity contribution >= 4 is 33.0 Å². The average Bonchev–Trinajstić information content (AvgIpc) is 3.24. The highest BCUT2D eigenvalue weighted by atomic mass is 35.5. The second-order valence-corrected chi connectivity index (χ2v) is 9.13. The Morgan fingerprint density at radius 1 is 1.26 bits per heavy atom. The van der Waals surface area contributed by atoms with Crippen LogP contribution in [0.15, 0.2) is 64.1 Å². The van der Waals surface area contributed by atoms with Crippen LogP contribution < -0.4 is 5.32 Å². The molecule has 1 aromatic heterocycles. The van der Waals surface area contributed by atoms with Gasteiger partial charge in [0, 0.05) is 18.7 Å². The van der Waals surface area contributed by atoms with Gasteiger partial charge >= 0.3 is 0 Å². The van der Waals surface area contributed by atoms with Crippen molar-refractivity contribution in [3.8, 4) is 0 Å². The largest absolute Gasteiger partial charge is 0.468 e. The Labute approximate surface area is 181 Å². The summed E-state index contributed by atoms with van der Waals surface area (Å²) in [6, 6.07) is 9.65. The summed E-state index contributed by atoms with van der Waals surface area (Å²) < 4.78 is 45.3. The van der Waals surface area contributed by atoms with Gasteiger partial charge in [-0.25, -0.2) is 12.8 Å². The number of amides is 1. The molecule has 2 aromatic carbocycles. The lowest BCUT2D eigenvalue weighted by Gasteiger charge is -2.17. The van der Waals surface area contributed by atoms with Gasteiger partial charge < -0.3 is 9.73 Å².